The van der Waals surface area contributed by atoms with Crippen LogP contribution in [0.3, 0.4) is 0 Å². The Morgan fingerprint density at radius 2 is 2.14 bits per heavy atom. The number of carbonyl (C=O) groups is 1. The van der Waals surface area contributed by atoms with E-state index in [2.05, 4.69) is 12.2 Å². The molecule has 0 bridgehead atoms. The highest BCUT2D eigenvalue weighted by Crippen LogP contribution is 2.33. The topological polar surface area (TPSA) is 49.3 Å². The van der Waals surface area contributed by atoms with Crippen molar-refractivity contribution in [2.24, 2.45) is 5.92 Å². The lowest BCUT2D eigenvalue weighted by molar-refractivity contribution is 0.102. The quantitative estimate of drug-likeness (QED) is 0.909. The molecular weight excluding hydrogens is 282 g/mol. The first-order chi connectivity index (χ1) is 10.2. The summed E-state index contributed by atoms with van der Waals surface area (Å²) in [6.07, 6.45) is 3.26. The third-order valence-electron chi connectivity index (χ3n) is 4.04. The molecule has 2 aromatic rings. The third kappa shape index (κ3) is 3.01. The molecule has 1 aliphatic rings. The zero-order valence-corrected chi connectivity index (χ0v) is 12.9. The number of nitrogens with one attached hydrogen (secondary N) is 1. The summed E-state index contributed by atoms with van der Waals surface area (Å²) in [6, 6.07) is 7.29. The van der Waals surface area contributed by atoms with E-state index < -0.39 is 0 Å². The Labute approximate surface area is 128 Å². The highest BCUT2D eigenvalue weighted by atomic mass is 32.1. The van der Waals surface area contributed by atoms with Crippen LogP contribution in [0, 0.1) is 5.92 Å². The Bertz CT molecular complexity index is 645. The molecule has 3 rings (SSSR count). The van der Waals surface area contributed by atoms with Crippen LogP contribution in [0.4, 0.5) is 5.69 Å². The standard InChI is InChI=1S/C17H19NO2S/c1-11-2-7-14-15(10-21-16(14)8-11)17(20)18-13-5-3-12(9-19)4-6-13/h3-6,10-11,19H,2,7-9H2,1H3,(H,18,20). The van der Waals surface area contributed by atoms with E-state index in [0.29, 0.717) is 0 Å². The largest absolute Gasteiger partial charge is 0.392 e. The van der Waals surface area contributed by atoms with Gasteiger partial charge in [0, 0.05) is 15.9 Å². The molecule has 1 aromatic carbocycles. The molecule has 4 heteroatoms. The normalized spacial score (nSPS) is 17.3. The van der Waals surface area contributed by atoms with Crippen LogP contribution in [0.15, 0.2) is 29.6 Å². The van der Waals surface area contributed by atoms with E-state index in [-0.39, 0.29) is 12.5 Å². The summed E-state index contributed by atoms with van der Waals surface area (Å²) in [5.74, 6) is 0.692. The van der Waals surface area contributed by atoms with Gasteiger partial charge in [-0.1, -0.05) is 19.1 Å². The van der Waals surface area contributed by atoms with Crippen LogP contribution in [0.1, 0.15) is 39.7 Å². The maximum atomic E-state index is 12.4. The van der Waals surface area contributed by atoms with Crippen molar-refractivity contribution >= 4 is 22.9 Å². The summed E-state index contributed by atoms with van der Waals surface area (Å²) >= 11 is 1.71. The van der Waals surface area contributed by atoms with E-state index in [9.17, 15) is 4.79 Å². The summed E-state index contributed by atoms with van der Waals surface area (Å²) < 4.78 is 0. The van der Waals surface area contributed by atoms with Crippen molar-refractivity contribution in [2.75, 3.05) is 5.32 Å². The van der Waals surface area contributed by atoms with Crippen molar-refractivity contribution in [1.29, 1.82) is 0 Å². The fourth-order valence-electron chi connectivity index (χ4n) is 2.76. The molecule has 0 saturated heterocycles. The minimum atomic E-state index is -0.0289. The first-order valence-corrected chi connectivity index (χ1v) is 8.15. The average molecular weight is 301 g/mol. The Hall–Kier alpha value is -1.65. The zero-order valence-electron chi connectivity index (χ0n) is 12.1. The first-order valence-electron chi connectivity index (χ1n) is 7.27. The molecule has 0 radical (unpaired) electrons. The smallest absolute Gasteiger partial charge is 0.256 e. The number of aliphatic hydroxyl groups is 1. The van der Waals surface area contributed by atoms with E-state index >= 15 is 0 Å². The van der Waals surface area contributed by atoms with E-state index in [1.54, 1.807) is 11.3 Å². The SMILES string of the molecule is CC1CCc2c(C(=O)Nc3ccc(CO)cc3)csc2C1. The molecule has 21 heavy (non-hydrogen) atoms. The van der Waals surface area contributed by atoms with Crippen molar-refractivity contribution in [3.05, 3.63) is 51.2 Å². The molecule has 1 amide bonds. The zero-order chi connectivity index (χ0) is 14.8. The molecule has 1 aromatic heterocycles. The summed E-state index contributed by atoms with van der Waals surface area (Å²) in [5, 5.41) is 14.0. The molecule has 1 aliphatic carbocycles. The lowest BCUT2D eigenvalue weighted by atomic mass is 9.88. The van der Waals surface area contributed by atoms with Crippen LogP contribution in [0.5, 0.6) is 0 Å². The predicted molar refractivity (Wildman–Crippen MR) is 85.8 cm³/mol. The second-order valence-electron chi connectivity index (χ2n) is 5.71. The Morgan fingerprint density at radius 3 is 2.86 bits per heavy atom. The summed E-state index contributed by atoms with van der Waals surface area (Å²) in [4.78, 5) is 13.8. The Morgan fingerprint density at radius 1 is 1.38 bits per heavy atom. The van der Waals surface area contributed by atoms with E-state index in [0.717, 1.165) is 42.0 Å². The predicted octanol–water partition coefficient (Wildman–Crippen LogP) is 3.62. The number of hydrogen-bond donors (Lipinski definition) is 2. The van der Waals surface area contributed by atoms with E-state index in [1.807, 2.05) is 29.6 Å². The van der Waals surface area contributed by atoms with Gasteiger partial charge in [0.05, 0.1) is 12.2 Å². The number of benzene rings is 1. The van der Waals surface area contributed by atoms with Gasteiger partial charge in [-0.2, -0.15) is 0 Å². The van der Waals surface area contributed by atoms with Crippen LogP contribution >= 0.6 is 11.3 Å². The third-order valence-corrected chi connectivity index (χ3v) is 5.09. The molecule has 3 nitrogen and oxygen atoms in total. The van der Waals surface area contributed by atoms with Crippen LogP contribution in [-0.4, -0.2) is 11.0 Å². The first kappa shape index (κ1) is 14.3. The summed E-state index contributed by atoms with van der Waals surface area (Å²) in [5.41, 5.74) is 3.67. The lowest BCUT2D eigenvalue weighted by Gasteiger charge is -2.18. The van der Waals surface area contributed by atoms with Gasteiger partial charge < -0.3 is 10.4 Å². The van der Waals surface area contributed by atoms with Gasteiger partial charge in [0.2, 0.25) is 0 Å². The van der Waals surface area contributed by atoms with Crippen LogP contribution in [0.2, 0.25) is 0 Å². The summed E-state index contributed by atoms with van der Waals surface area (Å²) in [7, 11) is 0. The van der Waals surface area contributed by atoms with Gasteiger partial charge in [0.15, 0.2) is 0 Å². The molecule has 0 spiro atoms. The number of amides is 1. The van der Waals surface area contributed by atoms with Gasteiger partial charge in [-0.05, 0) is 48.4 Å². The molecule has 0 aliphatic heterocycles. The van der Waals surface area contributed by atoms with Crippen molar-refractivity contribution in [2.45, 2.75) is 32.8 Å². The fourth-order valence-corrected chi connectivity index (χ4v) is 4.00. The lowest BCUT2D eigenvalue weighted by Crippen LogP contribution is -2.16. The Kier molecular flexibility index (Phi) is 4.08. The molecule has 2 N–H and O–H groups in total. The average Bonchev–Trinajstić information content (AvgIpc) is 2.91. The van der Waals surface area contributed by atoms with Crippen molar-refractivity contribution in [3.8, 4) is 0 Å². The second-order valence-corrected chi connectivity index (χ2v) is 6.67. The number of aliphatic hydroxyl groups excluding tert-OH is 1. The number of carbonyl (C=O) groups excluding carboxylic acids is 1. The number of hydrogen-bond acceptors (Lipinski definition) is 3. The van der Waals surface area contributed by atoms with Gasteiger partial charge in [0.25, 0.3) is 5.91 Å². The molecular formula is C17H19NO2S. The van der Waals surface area contributed by atoms with Gasteiger partial charge in [0.1, 0.15) is 0 Å². The minimum Gasteiger partial charge on any atom is -0.392 e. The van der Waals surface area contributed by atoms with E-state index in [1.165, 1.54) is 10.4 Å². The van der Waals surface area contributed by atoms with Gasteiger partial charge in [-0.25, -0.2) is 0 Å². The summed E-state index contributed by atoms with van der Waals surface area (Å²) in [6.45, 7) is 2.29. The minimum absolute atomic E-state index is 0.0183. The Balaban J connectivity index is 1.76. The maximum absolute atomic E-state index is 12.4. The molecule has 0 saturated carbocycles. The molecule has 1 unspecified atom stereocenters. The molecule has 110 valence electrons. The number of anilines is 1. The monoisotopic (exact) mass is 301 g/mol. The maximum Gasteiger partial charge on any atom is 0.256 e. The van der Waals surface area contributed by atoms with E-state index in [4.69, 9.17) is 5.11 Å². The van der Waals surface area contributed by atoms with Crippen molar-refractivity contribution < 1.29 is 9.90 Å². The van der Waals surface area contributed by atoms with Gasteiger partial charge in [-0.3, -0.25) is 4.79 Å². The molecule has 0 fully saturated rings. The van der Waals surface area contributed by atoms with Gasteiger partial charge >= 0.3 is 0 Å². The highest BCUT2D eigenvalue weighted by Gasteiger charge is 2.23. The van der Waals surface area contributed by atoms with Crippen LogP contribution < -0.4 is 5.32 Å². The number of rotatable bonds is 3. The fraction of sp³-hybridized carbons (Fsp3) is 0.353. The number of fused-ring (bicyclic) bond motifs is 1. The van der Waals surface area contributed by atoms with Crippen LogP contribution in [0.25, 0.3) is 0 Å². The molecule has 1 atom stereocenters. The number of thiophene rings is 1. The molecule has 1 heterocycles. The van der Waals surface area contributed by atoms with Crippen molar-refractivity contribution in [1.82, 2.24) is 0 Å². The second kappa shape index (κ2) is 6.00. The van der Waals surface area contributed by atoms with Crippen molar-refractivity contribution in [3.63, 3.8) is 0 Å². The highest BCUT2D eigenvalue weighted by molar-refractivity contribution is 7.10. The van der Waals surface area contributed by atoms with Crippen LogP contribution in [-0.2, 0) is 19.4 Å². The van der Waals surface area contributed by atoms with Gasteiger partial charge in [-0.15, -0.1) is 11.3 Å².